The van der Waals surface area contributed by atoms with Crippen molar-refractivity contribution in [1.82, 2.24) is 0 Å². The van der Waals surface area contributed by atoms with E-state index >= 15 is 0 Å². The fourth-order valence-corrected chi connectivity index (χ4v) is 2.41. The second-order valence-electron chi connectivity index (χ2n) is 4.95. The number of halogens is 1. The number of nitrogen functional groups attached to an aromatic ring is 1. The van der Waals surface area contributed by atoms with Crippen LogP contribution in [0.15, 0.2) is 49.1 Å². The third-order valence-corrected chi connectivity index (χ3v) is 3.54. The largest absolute Gasteiger partial charge is 0.398 e. The van der Waals surface area contributed by atoms with E-state index in [1.165, 1.54) is 12.1 Å². The Bertz CT molecular complexity index is 728. The van der Waals surface area contributed by atoms with Crippen molar-refractivity contribution in [3.05, 3.63) is 77.1 Å². The second-order valence-corrected chi connectivity index (χ2v) is 4.95. The minimum atomic E-state index is -0.275. The van der Waals surface area contributed by atoms with E-state index < -0.39 is 0 Å². The van der Waals surface area contributed by atoms with Crippen LogP contribution < -0.4 is 5.73 Å². The number of nitrogens with one attached hydrogen (secondary N) is 1. The molecule has 3 heteroatoms. The summed E-state index contributed by atoms with van der Waals surface area (Å²) < 4.78 is 12.9. The Morgan fingerprint density at radius 1 is 1.23 bits per heavy atom. The maximum absolute atomic E-state index is 12.9. The van der Waals surface area contributed by atoms with Crippen molar-refractivity contribution < 1.29 is 4.39 Å². The van der Waals surface area contributed by atoms with Crippen LogP contribution in [-0.4, -0.2) is 5.71 Å². The number of rotatable bonds is 5. The first-order valence-electron chi connectivity index (χ1n) is 7.13. The molecule has 2 nitrogen and oxygen atoms in total. The molecule has 2 rings (SSSR count). The third kappa shape index (κ3) is 3.31. The summed E-state index contributed by atoms with van der Waals surface area (Å²) in [7, 11) is 0. The van der Waals surface area contributed by atoms with Crippen LogP contribution in [0.25, 0.3) is 12.2 Å². The van der Waals surface area contributed by atoms with E-state index in [1.54, 1.807) is 36.4 Å². The first-order chi connectivity index (χ1) is 10.6. The molecule has 2 aromatic rings. The zero-order valence-corrected chi connectivity index (χ0v) is 12.6. The lowest BCUT2D eigenvalue weighted by Crippen LogP contribution is -2.07. The molecule has 0 radical (unpaired) electrons. The quantitative estimate of drug-likeness (QED) is 0.609. The number of benzene rings is 2. The molecule has 0 aliphatic heterocycles. The molecule has 0 saturated heterocycles. The molecule has 0 unspecified atom stereocenters. The fraction of sp³-hybridized carbons (Fsp3) is 0.105. The predicted octanol–water partition coefficient (Wildman–Crippen LogP) is 4.69. The van der Waals surface area contributed by atoms with Gasteiger partial charge < -0.3 is 11.1 Å². The standard InChI is InChI=1S/C19H19FN2/c1-3-14-8-12-18(22)19(16(14)4-2)17(21)11-7-13-5-9-15(20)10-6-13/h3,5-12,21H,1,4,22H2,2H3/b11-7+,21-17?. The lowest BCUT2D eigenvalue weighted by molar-refractivity contribution is 0.628. The highest BCUT2D eigenvalue weighted by Crippen LogP contribution is 2.24. The van der Waals surface area contributed by atoms with E-state index in [0.29, 0.717) is 11.4 Å². The van der Waals surface area contributed by atoms with Crippen LogP contribution in [0, 0.1) is 11.2 Å². The molecule has 22 heavy (non-hydrogen) atoms. The minimum Gasteiger partial charge on any atom is -0.398 e. The lowest BCUT2D eigenvalue weighted by Gasteiger charge is -2.13. The third-order valence-electron chi connectivity index (χ3n) is 3.54. The predicted molar refractivity (Wildman–Crippen MR) is 92.6 cm³/mol. The molecule has 0 aromatic heterocycles. The van der Waals surface area contributed by atoms with Crippen LogP contribution in [0.5, 0.6) is 0 Å². The number of allylic oxidation sites excluding steroid dienone is 1. The number of hydrogen-bond acceptors (Lipinski definition) is 2. The highest BCUT2D eigenvalue weighted by Gasteiger charge is 2.11. The molecular formula is C19H19FN2. The zero-order valence-electron chi connectivity index (χ0n) is 12.6. The SMILES string of the molecule is C=Cc1ccc(N)c(C(=N)/C=C/c2ccc(F)cc2)c1CC. The van der Waals surface area contributed by atoms with Gasteiger partial charge in [-0.25, -0.2) is 4.39 Å². The smallest absolute Gasteiger partial charge is 0.123 e. The number of nitrogens with two attached hydrogens (primary N) is 1. The Morgan fingerprint density at radius 2 is 1.91 bits per heavy atom. The van der Waals surface area contributed by atoms with E-state index in [2.05, 4.69) is 6.58 Å². The molecular weight excluding hydrogens is 275 g/mol. The first-order valence-corrected chi connectivity index (χ1v) is 7.13. The van der Waals surface area contributed by atoms with Gasteiger partial charge in [-0.1, -0.05) is 43.9 Å². The summed E-state index contributed by atoms with van der Waals surface area (Å²) >= 11 is 0. The van der Waals surface area contributed by atoms with Gasteiger partial charge in [0, 0.05) is 11.3 Å². The van der Waals surface area contributed by atoms with Gasteiger partial charge in [-0.2, -0.15) is 0 Å². The van der Waals surface area contributed by atoms with Gasteiger partial charge in [0.25, 0.3) is 0 Å². The monoisotopic (exact) mass is 294 g/mol. The first kappa shape index (κ1) is 15.7. The highest BCUT2D eigenvalue weighted by molar-refractivity contribution is 6.13. The topological polar surface area (TPSA) is 49.9 Å². The number of anilines is 1. The van der Waals surface area contributed by atoms with E-state index in [1.807, 2.05) is 13.0 Å². The molecule has 0 aliphatic carbocycles. The Hall–Kier alpha value is -2.68. The molecule has 0 bridgehead atoms. The molecule has 2 aromatic carbocycles. The van der Waals surface area contributed by atoms with Gasteiger partial charge in [-0.05, 0) is 47.4 Å². The van der Waals surface area contributed by atoms with Crippen LogP contribution in [0.1, 0.15) is 29.2 Å². The van der Waals surface area contributed by atoms with Crippen LogP contribution >= 0.6 is 0 Å². The highest BCUT2D eigenvalue weighted by atomic mass is 19.1. The normalized spacial score (nSPS) is 10.8. The average Bonchev–Trinajstić information content (AvgIpc) is 2.53. The molecule has 112 valence electrons. The van der Waals surface area contributed by atoms with E-state index in [-0.39, 0.29) is 5.82 Å². The summed E-state index contributed by atoms with van der Waals surface area (Å²) in [5, 5.41) is 8.30. The van der Waals surface area contributed by atoms with Gasteiger partial charge in [0.15, 0.2) is 0 Å². The zero-order chi connectivity index (χ0) is 16.1. The van der Waals surface area contributed by atoms with Gasteiger partial charge in [0.2, 0.25) is 0 Å². The molecule has 0 atom stereocenters. The molecule has 0 aliphatic rings. The van der Waals surface area contributed by atoms with Crippen molar-refractivity contribution in [2.24, 2.45) is 0 Å². The second kappa shape index (κ2) is 6.85. The Labute approximate surface area is 130 Å². The Kier molecular flexibility index (Phi) is 4.89. The summed E-state index contributed by atoms with van der Waals surface area (Å²) in [4.78, 5) is 0. The van der Waals surface area contributed by atoms with E-state index in [0.717, 1.165) is 28.7 Å². The molecule has 0 heterocycles. The van der Waals surface area contributed by atoms with Gasteiger partial charge in [0.05, 0.1) is 5.71 Å². The van der Waals surface area contributed by atoms with Crippen molar-refractivity contribution in [2.45, 2.75) is 13.3 Å². The Balaban J connectivity index is 2.37. The maximum Gasteiger partial charge on any atom is 0.123 e. The van der Waals surface area contributed by atoms with Crippen molar-refractivity contribution in [3.63, 3.8) is 0 Å². The van der Waals surface area contributed by atoms with Gasteiger partial charge >= 0.3 is 0 Å². The van der Waals surface area contributed by atoms with Crippen molar-refractivity contribution in [1.29, 1.82) is 5.41 Å². The summed E-state index contributed by atoms with van der Waals surface area (Å²) in [5.74, 6) is -0.275. The fourth-order valence-electron chi connectivity index (χ4n) is 2.41. The molecule has 0 fully saturated rings. The average molecular weight is 294 g/mol. The summed E-state index contributed by atoms with van der Waals surface area (Å²) in [6.45, 7) is 5.84. The van der Waals surface area contributed by atoms with Gasteiger partial charge in [-0.3, -0.25) is 0 Å². The molecule has 0 spiro atoms. The molecule has 0 amide bonds. The van der Waals surface area contributed by atoms with E-state index in [9.17, 15) is 4.39 Å². The number of hydrogen-bond donors (Lipinski definition) is 2. The van der Waals surface area contributed by atoms with Crippen LogP contribution in [0.4, 0.5) is 10.1 Å². The van der Waals surface area contributed by atoms with Crippen LogP contribution in [0.3, 0.4) is 0 Å². The molecule has 0 saturated carbocycles. The minimum absolute atomic E-state index is 0.275. The maximum atomic E-state index is 12.9. The molecule has 3 N–H and O–H groups in total. The van der Waals surface area contributed by atoms with Crippen LogP contribution in [0.2, 0.25) is 0 Å². The summed E-state index contributed by atoms with van der Waals surface area (Å²) in [5.41, 5.74) is 10.5. The van der Waals surface area contributed by atoms with E-state index in [4.69, 9.17) is 11.1 Å². The van der Waals surface area contributed by atoms with Crippen LogP contribution in [-0.2, 0) is 6.42 Å². The summed E-state index contributed by atoms with van der Waals surface area (Å²) in [6.07, 6.45) is 6.01. The lowest BCUT2D eigenvalue weighted by atomic mass is 9.93. The summed E-state index contributed by atoms with van der Waals surface area (Å²) in [6, 6.07) is 9.85. The van der Waals surface area contributed by atoms with Gasteiger partial charge in [-0.15, -0.1) is 0 Å². The van der Waals surface area contributed by atoms with Crippen molar-refractivity contribution in [3.8, 4) is 0 Å². The van der Waals surface area contributed by atoms with Crippen molar-refractivity contribution in [2.75, 3.05) is 5.73 Å². The van der Waals surface area contributed by atoms with Crippen molar-refractivity contribution >= 4 is 23.6 Å². The Morgan fingerprint density at radius 3 is 2.50 bits per heavy atom. The van der Waals surface area contributed by atoms with Gasteiger partial charge in [0.1, 0.15) is 5.82 Å².